The molecule has 0 saturated carbocycles. The Morgan fingerprint density at radius 2 is 1.79 bits per heavy atom. The first kappa shape index (κ1) is 25.7. The van der Waals surface area contributed by atoms with Crippen LogP contribution in [-0.4, -0.2) is 60.5 Å². The Kier molecular flexibility index (Phi) is 7.97. The largest absolute Gasteiger partial charge is 0.456 e. The molecule has 2 atom stereocenters. The van der Waals surface area contributed by atoms with Gasteiger partial charge in [0.2, 0.25) is 5.91 Å². The van der Waals surface area contributed by atoms with Gasteiger partial charge in [-0.3, -0.25) is 9.59 Å². The number of nitrogens with zero attached hydrogens (tertiary/aromatic N) is 1. The lowest BCUT2D eigenvalue weighted by Crippen LogP contribution is -2.58. The van der Waals surface area contributed by atoms with Crippen LogP contribution in [-0.2, 0) is 19.1 Å². The molecule has 1 aliphatic heterocycles. The van der Waals surface area contributed by atoms with Crippen molar-refractivity contribution in [3.05, 3.63) is 46.4 Å². The van der Waals surface area contributed by atoms with Crippen LogP contribution in [0, 0.1) is 5.92 Å². The number of hydrogen-bond acceptors (Lipinski definition) is 6. The maximum atomic E-state index is 13.2. The van der Waals surface area contributed by atoms with Crippen LogP contribution in [0.5, 0.6) is 0 Å². The number of nitrogens with one attached hydrogen (secondary N) is 1. The summed E-state index contributed by atoms with van der Waals surface area (Å²) in [5, 5.41) is 4.43. The van der Waals surface area contributed by atoms with Crippen molar-refractivity contribution in [3.8, 4) is 0 Å². The van der Waals surface area contributed by atoms with Gasteiger partial charge < -0.3 is 19.7 Å². The quantitative estimate of drug-likeness (QED) is 0.425. The van der Waals surface area contributed by atoms with Crippen LogP contribution in [0.1, 0.15) is 44.0 Å². The molecule has 1 heterocycles. The van der Waals surface area contributed by atoms with Crippen molar-refractivity contribution in [1.82, 2.24) is 10.2 Å². The number of alkyl carbamates (subject to hydrolysis) is 1. The molecular formula is C25H29BrN2O6. The minimum Gasteiger partial charge on any atom is -0.456 e. The van der Waals surface area contributed by atoms with Crippen molar-refractivity contribution in [2.45, 2.75) is 45.2 Å². The van der Waals surface area contributed by atoms with Crippen LogP contribution in [0.4, 0.5) is 4.79 Å². The lowest BCUT2D eigenvalue weighted by atomic mass is 9.96. The van der Waals surface area contributed by atoms with E-state index in [-0.39, 0.29) is 17.6 Å². The summed E-state index contributed by atoms with van der Waals surface area (Å²) in [7, 11) is 1.22. The van der Waals surface area contributed by atoms with E-state index in [1.165, 1.54) is 12.0 Å². The van der Waals surface area contributed by atoms with Crippen molar-refractivity contribution < 1.29 is 28.7 Å². The molecule has 2 aromatic rings. The SMILES string of the molecule is COC(=O)N[C@H](C(=O)N1CCC[C@@]1(C)C(=O)OCC(=O)c1ccc2cc(Br)ccc2c1)C(C)C. The van der Waals surface area contributed by atoms with E-state index in [1.54, 1.807) is 32.9 Å². The second kappa shape index (κ2) is 10.5. The van der Waals surface area contributed by atoms with Gasteiger partial charge in [-0.1, -0.05) is 48.0 Å². The topological polar surface area (TPSA) is 102 Å². The third-order valence-electron chi connectivity index (χ3n) is 6.20. The van der Waals surface area contributed by atoms with Crippen LogP contribution >= 0.6 is 15.9 Å². The van der Waals surface area contributed by atoms with E-state index in [1.807, 2.05) is 24.3 Å². The van der Waals surface area contributed by atoms with Gasteiger partial charge >= 0.3 is 12.1 Å². The Labute approximate surface area is 207 Å². The number of esters is 1. The standard InChI is InChI=1S/C25H29BrN2O6/c1-15(2)21(27-24(32)33-4)22(30)28-11-5-10-25(28,3)23(31)34-14-20(29)18-7-6-17-13-19(26)9-8-16(17)12-18/h6-9,12-13,15,21H,5,10-11,14H2,1-4H3,(H,27,32)/t21-,25-/m0/s1. The van der Waals surface area contributed by atoms with E-state index in [9.17, 15) is 19.2 Å². The maximum absolute atomic E-state index is 13.2. The predicted molar refractivity (Wildman–Crippen MR) is 130 cm³/mol. The normalized spacial score (nSPS) is 18.6. The molecule has 34 heavy (non-hydrogen) atoms. The van der Waals surface area contributed by atoms with Crippen molar-refractivity contribution in [2.24, 2.45) is 5.92 Å². The molecule has 1 saturated heterocycles. The third-order valence-corrected chi connectivity index (χ3v) is 6.69. The van der Waals surface area contributed by atoms with E-state index in [2.05, 4.69) is 26.0 Å². The van der Waals surface area contributed by atoms with Gasteiger partial charge in [0.15, 0.2) is 12.4 Å². The Bertz CT molecular complexity index is 1120. The van der Waals surface area contributed by atoms with E-state index in [4.69, 9.17) is 4.74 Å². The molecule has 1 fully saturated rings. The number of Topliss-reactive ketones (excluding diaryl/α,β-unsaturated/α-hetero) is 1. The second-order valence-corrected chi connectivity index (χ2v) is 9.85. The zero-order chi connectivity index (χ0) is 25.0. The predicted octanol–water partition coefficient (Wildman–Crippen LogP) is 4.09. The summed E-state index contributed by atoms with van der Waals surface area (Å²) in [5.74, 6) is -1.58. The van der Waals surface area contributed by atoms with Gasteiger partial charge in [-0.25, -0.2) is 9.59 Å². The fourth-order valence-corrected chi connectivity index (χ4v) is 4.53. The summed E-state index contributed by atoms with van der Waals surface area (Å²) < 4.78 is 11.0. The number of carbonyl (C=O) groups excluding carboxylic acids is 4. The minimum absolute atomic E-state index is 0.220. The van der Waals surface area contributed by atoms with Gasteiger partial charge in [-0.15, -0.1) is 0 Å². The minimum atomic E-state index is -1.22. The highest BCUT2D eigenvalue weighted by molar-refractivity contribution is 9.10. The molecule has 0 aliphatic carbocycles. The zero-order valence-electron chi connectivity index (χ0n) is 19.7. The molecule has 0 bridgehead atoms. The van der Waals surface area contributed by atoms with Gasteiger partial charge in [0.25, 0.3) is 0 Å². The first-order chi connectivity index (χ1) is 16.1. The van der Waals surface area contributed by atoms with Crippen LogP contribution in [0.3, 0.4) is 0 Å². The molecular weight excluding hydrogens is 504 g/mol. The van der Waals surface area contributed by atoms with E-state index < -0.39 is 30.3 Å². The van der Waals surface area contributed by atoms with E-state index in [0.717, 1.165) is 15.2 Å². The molecule has 2 amide bonds. The summed E-state index contributed by atoms with van der Waals surface area (Å²) in [6, 6.07) is 10.2. The molecule has 0 radical (unpaired) electrons. The van der Waals surface area contributed by atoms with Crippen LogP contribution < -0.4 is 5.32 Å². The summed E-state index contributed by atoms with van der Waals surface area (Å²) >= 11 is 3.43. The maximum Gasteiger partial charge on any atom is 0.407 e. The van der Waals surface area contributed by atoms with Gasteiger partial charge in [0.05, 0.1) is 7.11 Å². The van der Waals surface area contributed by atoms with E-state index in [0.29, 0.717) is 24.9 Å². The number of carbonyl (C=O) groups is 4. The van der Waals surface area contributed by atoms with E-state index >= 15 is 0 Å². The summed E-state index contributed by atoms with van der Waals surface area (Å²) in [6.45, 7) is 5.15. The van der Waals surface area contributed by atoms with Crippen molar-refractivity contribution in [3.63, 3.8) is 0 Å². The number of amides is 2. The number of benzene rings is 2. The van der Waals surface area contributed by atoms with Crippen LogP contribution in [0.2, 0.25) is 0 Å². The van der Waals surface area contributed by atoms with Crippen molar-refractivity contribution >= 4 is 50.5 Å². The van der Waals surface area contributed by atoms with Gasteiger partial charge in [-0.2, -0.15) is 0 Å². The Balaban J connectivity index is 1.70. The molecule has 182 valence electrons. The van der Waals surface area contributed by atoms with Crippen molar-refractivity contribution in [2.75, 3.05) is 20.3 Å². The van der Waals surface area contributed by atoms with Crippen LogP contribution in [0.25, 0.3) is 10.8 Å². The smallest absolute Gasteiger partial charge is 0.407 e. The fourth-order valence-electron chi connectivity index (χ4n) is 4.16. The fraction of sp³-hybridized carbons (Fsp3) is 0.440. The average Bonchev–Trinajstić information content (AvgIpc) is 3.22. The highest BCUT2D eigenvalue weighted by atomic mass is 79.9. The Hall–Kier alpha value is -2.94. The molecule has 3 rings (SSSR count). The molecule has 1 N–H and O–H groups in total. The summed E-state index contributed by atoms with van der Waals surface area (Å²) in [4.78, 5) is 52.2. The number of hydrogen-bond donors (Lipinski definition) is 1. The number of ether oxygens (including phenoxy) is 2. The van der Waals surface area contributed by atoms with Crippen LogP contribution in [0.15, 0.2) is 40.9 Å². The Morgan fingerprint density at radius 1 is 1.12 bits per heavy atom. The molecule has 9 heteroatoms. The van der Waals surface area contributed by atoms with Gasteiger partial charge in [-0.05, 0) is 54.7 Å². The molecule has 0 spiro atoms. The highest BCUT2D eigenvalue weighted by Gasteiger charge is 2.49. The molecule has 2 aromatic carbocycles. The highest BCUT2D eigenvalue weighted by Crippen LogP contribution is 2.32. The zero-order valence-corrected chi connectivity index (χ0v) is 21.3. The number of rotatable bonds is 7. The molecule has 8 nitrogen and oxygen atoms in total. The van der Waals surface area contributed by atoms with Crippen molar-refractivity contribution in [1.29, 1.82) is 0 Å². The Morgan fingerprint density at radius 3 is 2.47 bits per heavy atom. The van der Waals surface area contributed by atoms with Gasteiger partial charge in [0, 0.05) is 16.6 Å². The lowest BCUT2D eigenvalue weighted by Gasteiger charge is -2.36. The number of ketones is 1. The summed E-state index contributed by atoms with van der Waals surface area (Å²) in [6.07, 6.45) is 0.290. The second-order valence-electron chi connectivity index (χ2n) is 8.93. The summed E-state index contributed by atoms with van der Waals surface area (Å²) in [5.41, 5.74) is -0.785. The third kappa shape index (κ3) is 5.41. The number of fused-ring (bicyclic) bond motifs is 1. The monoisotopic (exact) mass is 532 g/mol. The number of likely N-dealkylation sites (tertiary alicyclic amines) is 1. The first-order valence-electron chi connectivity index (χ1n) is 11.1. The molecule has 0 aromatic heterocycles. The lowest BCUT2D eigenvalue weighted by molar-refractivity contribution is -0.160. The average molecular weight is 533 g/mol. The first-order valence-corrected chi connectivity index (χ1v) is 11.9. The molecule has 1 aliphatic rings. The number of methoxy groups -OCH3 is 1. The van der Waals surface area contributed by atoms with Gasteiger partial charge in [0.1, 0.15) is 11.6 Å². The number of halogens is 1. The molecule has 0 unspecified atom stereocenters.